The maximum absolute atomic E-state index is 11.9. The Hall–Kier alpha value is -2.62. The summed E-state index contributed by atoms with van der Waals surface area (Å²) >= 11 is 0.634. The van der Waals surface area contributed by atoms with Crippen molar-refractivity contribution in [3.8, 4) is 0 Å². The smallest absolute Gasteiger partial charge is 0.322 e. The minimum atomic E-state index is -1.17. The van der Waals surface area contributed by atoms with Crippen LogP contribution in [-0.2, 0) is 9.59 Å². The van der Waals surface area contributed by atoms with E-state index in [9.17, 15) is 14.5 Å². The van der Waals surface area contributed by atoms with Crippen LogP contribution >= 0.6 is 11.9 Å². The Morgan fingerprint density at radius 2 is 2.18 bits per heavy atom. The lowest BCUT2D eigenvalue weighted by atomic mass is 10.3. The zero-order valence-corrected chi connectivity index (χ0v) is 12.0. The van der Waals surface area contributed by atoms with Crippen molar-refractivity contribution in [2.45, 2.75) is 6.04 Å². The van der Waals surface area contributed by atoms with Gasteiger partial charge in [-0.05, 0) is 12.1 Å². The zero-order chi connectivity index (χ0) is 15.9. The van der Waals surface area contributed by atoms with Crippen LogP contribution in [-0.4, -0.2) is 40.3 Å². The van der Waals surface area contributed by atoms with Gasteiger partial charge in [-0.2, -0.15) is 4.98 Å². The molecule has 10 heteroatoms. The number of aliphatic carboxylic acids is 1. The SMILES string of the molecule is O=NSC[C@H](Nc1nc2ccccc2o1)C(=O)NCC(=O)O. The molecule has 1 atom stereocenters. The first-order chi connectivity index (χ1) is 10.6. The van der Waals surface area contributed by atoms with E-state index in [-0.39, 0.29) is 11.8 Å². The molecule has 2 aromatic rings. The number of carbonyl (C=O) groups is 2. The summed E-state index contributed by atoms with van der Waals surface area (Å²) in [6, 6.07) is 6.22. The molecule has 1 aromatic carbocycles. The van der Waals surface area contributed by atoms with Crippen LogP contribution in [0.25, 0.3) is 11.1 Å². The molecule has 0 spiro atoms. The third-order valence-corrected chi connectivity index (χ3v) is 3.20. The first kappa shape index (κ1) is 15.8. The van der Waals surface area contributed by atoms with Crippen LogP contribution in [0.5, 0.6) is 0 Å². The molecule has 0 aliphatic carbocycles. The van der Waals surface area contributed by atoms with Gasteiger partial charge in [0.05, 0.1) is 0 Å². The summed E-state index contributed by atoms with van der Waals surface area (Å²) in [5.41, 5.74) is 1.15. The minimum Gasteiger partial charge on any atom is -0.480 e. The van der Waals surface area contributed by atoms with Crippen molar-refractivity contribution in [3.05, 3.63) is 29.2 Å². The minimum absolute atomic E-state index is 0.00762. The van der Waals surface area contributed by atoms with Crippen molar-refractivity contribution >= 4 is 40.9 Å². The molecule has 0 bridgehead atoms. The molecule has 2 rings (SSSR count). The maximum atomic E-state index is 11.9. The van der Waals surface area contributed by atoms with Gasteiger partial charge in [0, 0.05) is 22.3 Å². The molecular weight excluding hydrogens is 312 g/mol. The topological polar surface area (TPSA) is 134 Å². The predicted molar refractivity (Wildman–Crippen MR) is 80.3 cm³/mol. The molecule has 22 heavy (non-hydrogen) atoms. The molecule has 0 saturated carbocycles. The number of benzene rings is 1. The van der Waals surface area contributed by atoms with Gasteiger partial charge in [-0.1, -0.05) is 12.1 Å². The van der Waals surface area contributed by atoms with Crippen LogP contribution in [0, 0.1) is 4.91 Å². The van der Waals surface area contributed by atoms with Gasteiger partial charge in [0.2, 0.25) is 5.91 Å². The van der Waals surface area contributed by atoms with Gasteiger partial charge in [-0.15, -0.1) is 4.91 Å². The number of hydrogen-bond donors (Lipinski definition) is 3. The number of carboxylic acid groups (broad SMARTS) is 1. The Balaban J connectivity index is 2.09. The number of amides is 1. The molecule has 9 nitrogen and oxygen atoms in total. The van der Waals surface area contributed by atoms with Crippen LogP contribution in [0.2, 0.25) is 0 Å². The number of aromatic nitrogens is 1. The number of carboxylic acids is 1. The summed E-state index contributed by atoms with van der Waals surface area (Å²) in [4.78, 5) is 36.7. The van der Waals surface area contributed by atoms with Crippen molar-refractivity contribution in [2.24, 2.45) is 4.58 Å². The molecule has 116 valence electrons. The van der Waals surface area contributed by atoms with Crippen molar-refractivity contribution in [3.63, 3.8) is 0 Å². The largest absolute Gasteiger partial charge is 0.480 e. The van der Waals surface area contributed by atoms with Crippen LogP contribution in [0.4, 0.5) is 6.01 Å². The van der Waals surface area contributed by atoms with Crippen molar-refractivity contribution in [1.82, 2.24) is 10.3 Å². The standard InChI is InChI=1S/C12H12N4O5S/c17-10(18)5-13-11(19)8(6-22-16-20)15-12-14-7-3-1-2-4-9(7)21-12/h1-4,8H,5-6H2,(H,13,19)(H,14,15)(H,17,18)/t8-/m0/s1. The molecule has 0 saturated heterocycles. The van der Waals surface area contributed by atoms with Gasteiger partial charge >= 0.3 is 5.97 Å². The Bertz CT molecular complexity index is 656. The van der Waals surface area contributed by atoms with Crippen LogP contribution in [0.1, 0.15) is 0 Å². The molecule has 0 radical (unpaired) electrons. The second-order valence-corrected chi connectivity index (χ2v) is 4.91. The number of para-hydroxylation sites is 2. The average molecular weight is 324 g/mol. The monoisotopic (exact) mass is 324 g/mol. The summed E-state index contributed by atoms with van der Waals surface area (Å²) in [6.45, 7) is -0.524. The van der Waals surface area contributed by atoms with Crippen molar-refractivity contribution in [2.75, 3.05) is 17.6 Å². The molecule has 0 aliphatic heterocycles. The Labute approximate surface area is 128 Å². The predicted octanol–water partition coefficient (Wildman–Crippen LogP) is 1.22. The van der Waals surface area contributed by atoms with E-state index in [1.54, 1.807) is 24.3 Å². The second kappa shape index (κ2) is 7.41. The summed E-state index contributed by atoms with van der Waals surface area (Å²) in [5.74, 6) is -1.76. The van der Waals surface area contributed by atoms with E-state index >= 15 is 0 Å². The number of rotatable bonds is 8. The van der Waals surface area contributed by atoms with Crippen LogP contribution in [0.3, 0.4) is 0 Å². The quantitative estimate of drug-likeness (QED) is 0.487. The summed E-state index contributed by atoms with van der Waals surface area (Å²) in [7, 11) is 0. The van der Waals surface area contributed by atoms with E-state index in [0.29, 0.717) is 23.0 Å². The molecule has 3 N–H and O–H groups in total. The second-order valence-electron chi connectivity index (χ2n) is 4.17. The first-order valence-electron chi connectivity index (χ1n) is 6.16. The van der Waals surface area contributed by atoms with Crippen molar-refractivity contribution < 1.29 is 19.1 Å². The van der Waals surface area contributed by atoms with Gasteiger partial charge < -0.3 is 20.2 Å². The molecule has 0 aliphatic rings. The number of carbonyl (C=O) groups excluding carboxylic acids is 1. The molecule has 1 amide bonds. The average Bonchev–Trinajstić information content (AvgIpc) is 2.91. The molecule has 1 aromatic heterocycles. The molecular formula is C12H12N4O5S. The summed E-state index contributed by atoms with van der Waals surface area (Å²) in [5, 5.41) is 13.5. The zero-order valence-electron chi connectivity index (χ0n) is 11.2. The lowest BCUT2D eigenvalue weighted by molar-refractivity contribution is -0.137. The Morgan fingerprint density at radius 3 is 2.86 bits per heavy atom. The van der Waals surface area contributed by atoms with Crippen LogP contribution < -0.4 is 10.6 Å². The van der Waals surface area contributed by atoms with Crippen molar-refractivity contribution in [1.29, 1.82) is 0 Å². The number of nitrogens with zero attached hydrogens (tertiary/aromatic N) is 2. The number of nitroso groups, excluding NO2 is 1. The lowest BCUT2D eigenvalue weighted by Gasteiger charge is -2.14. The fourth-order valence-electron chi connectivity index (χ4n) is 1.66. The van der Waals surface area contributed by atoms with Crippen LogP contribution in [0.15, 0.2) is 33.3 Å². The van der Waals surface area contributed by atoms with E-state index in [2.05, 4.69) is 20.2 Å². The van der Waals surface area contributed by atoms with Gasteiger partial charge in [0.25, 0.3) is 6.01 Å². The Morgan fingerprint density at radius 1 is 1.41 bits per heavy atom. The third kappa shape index (κ3) is 4.19. The highest BCUT2D eigenvalue weighted by Gasteiger charge is 2.21. The summed E-state index contributed by atoms with van der Waals surface area (Å²) in [6.07, 6.45) is 0. The molecule has 1 heterocycles. The Kier molecular flexibility index (Phi) is 5.31. The fraction of sp³-hybridized carbons (Fsp3) is 0.250. The van der Waals surface area contributed by atoms with Gasteiger partial charge in [-0.25, -0.2) is 0 Å². The van der Waals surface area contributed by atoms with E-state index < -0.39 is 24.5 Å². The third-order valence-electron chi connectivity index (χ3n) is 2.62. The lowest BCUT2D eigenvalue weighted by Crippen LogP contribution is -2.43. The normalized spacial score (nSPS) is 11.8. The summed E-state index contributed by atoms with van der Waals surface area (Å²) < 4.78 is 8.03. The highest BCUT2D eigenvalue weighted by Crippen LogP contribution is 2.19. The van der Waals surface area contributed by atoms with E-state index in [1.165, 1.54) is 0 Å². The van der Waals surface area contributed by atoms with E-state index in [0.717, 1.165) is 0 Å². The maximum Gasteiger partial charge on any atom is 0.322 e. The molecule has 0 unspecified atom stereocenters. The van der Waals surface area contributed by atoms with Gasteiger partial charge in [0.15, 0.2) is 5.58 Å². The number of anilines is 1. The highest BCUT2D eigenvalue weighted by atomic mass is 32.2. The van der Waals surface area contributed by atoms with E-state index in [1.807, 2.05) is 0 Å². The highest BCUT2D eigenvalue weighted by molar-refractivity contribution is 7.97. The van der Waals surface area contributed by atoms with Gasteiger partial charge in [-0.3, -0.25) is 9.59 Å². The molecule has 0 fully saturated rings. The number of fused-ring (bicyclic) bond motifs is 1. The van der Waals surface area contributed by atoms with Gasteiger partial charge in [0.1, 0.15) is 18.1 Å². The fourth-order valence-corrected chi connectivity index (χ4v) is 2.10. The number of nitrogens with one attached hydrogen (secondary N) is 2. The number of oxazole rings is 1. The number of hydrogen-bond acceptors (Lipinski definition) is 8. The first-order valence-corrected chi connectivity index (χ1v) is 7.10. The van der Waals surface area contributed by atoms with E-state index in [4.69, 9.17) is 9.52 Å².